The molecule has 0 unspecified atom stereocenters. The van der Waals surface area contributed by atoms with Crippen molar-refractivity contribution in [1.82, 2.24) is 4.90 Å². The molecule has 0 saturated heterocycles. The monoisotopic (exact) mass is 297 g/mol. The highest BCUT2D eigenvalue weighted by Gasteiger charge is 2.21. The van der Waals surface area contributed by atoms with Gasteiger partial charge in [-0.05, 0) is 18.7 Å². The minimum atomic E-state index is -0.535. The predicted molar refractivity (Wildman–Crippen MR) is 82.1 cm³/mol. The molecular weight excluding hydrogens is 278 g/mol. The highest BCUT2D eigenvalue weighted by atomic mass is 32.2. The van der Waals surface area contributed by atoms with Crippen LogP contribution in [-0.4, -0.2) is 40.3 Å². The number of anilines is 1. The lowest BCUT2D eigenvalue weighted by molar-refractivity contribution is -0.384. The van der Waals surface area contributed by atoms with Crippen LogP contribution in [0.2, 0.25) is 0 Å². The number of nitrogen functional groups attached to an aromatic ring is 1. The van der Waals surface area contributed by atoms with E-state index in [4.69, 9.17) is 5.73 Å². The summed E-state index contributed by atoms with van der Waals surface area (Å²) in [6, 6.07) is 3.95. The SMILES string of the molecule is CCSC[C@H](C)N(C)C(=O)c1cc([N+](=O)[O-])ccc1N. The van der Waals surface area contributed by atoms with Gasteiger partial charge < -0.3 is 10.6 Å². The van der Waals surface area contributed by atoms with Gasteiger partial charge in [0.05, 0.1) is 10.5 Å². The number of carbonyl (C=O) groups is 1. The molecule has 20 heavy (non-hydrogen) atoms. The summed E-state index contributed by atoms with van der Waals surface area (Å²) in [5.41, 5.74) is 6.05. The maximum Gasteiger partial charge on any atom is 0.270 e. The quantitative estimate of drug-likeness (QED) is 0.494. The van der Waals surface area contributed by atoms with Gasteiger partial charge in [-0.15, -0.1) is 0 Å². The number of nitrogens with two attached hydrogens (primary N) is 1. The maximum atomic E-state index is 12.4. The molecule has 6 nitrogen and oxygen atoms in total. The Morgan fingerprint density at radius 3 is 2.75 bits per heavy atom. The molecule has 0 aliphatic rings. The molecule has 2 N–H and O–H groups in total. The molecule has 1 rings (SSSR count). The number of non-ortho nitro benzene ring substituents is 1. The van der Waals surface area contributed by atoms with Crippen molar-refractivity contribution in [3.63, 3.8) is 0 Å². The lowest BCUT2D eigenvalue weighted by Crippen LogP contribution is -2.37. The maximum absolute atomic E-state index is 12.4. The first-order valence-corrected chi connectivity index (χ1v) is 7.42. The second-order valence-corrected chi connectivity index (χ2v) is 5.77. The van der Waals surface area contributed by atoms with Crippen LogP contribution in [0.1, 0.15) is 24.2 Å². The van der Waals surface area contributed by atoms with Crippen molar-refractivity contribution in [1.29, 1.82) is 0 Å². The van der Waals surface area contributed by atoms with Crippen LogP contribution in [0.25, 0.3) is 0 Å². The fourth-order valence-electron chi connectivity index (χ4n) is 1.63. The average molecular weight is 297 g/mol. The van der Waals surface area contributed by atoms with Gasteiger partial charge in [0.2, 0.25) is 0 Å². The molecule has 7 heteroatoms. The Bertz CT molecular complexity index is 508. The normalized spacial score (nSPS) is 11.9. The Morgan fingerprint density at radius 2 is 2.20 bits per heavy atom. The molecule has 0 spiro atoms. The highest BCUT2D eigenvalue weighted by molar-refractivity contribution is 7.99. The number of thioether (sulfide) groups is 1. The second kappa shape index (κ2) is 7.14. The van der Waals surface area contributed by atoms with Gasteiger partial charge in [-0.25, -0.2) is 0 Å². The summed E-state index contributed by atoms with van der Waals surface area (Å²) >= 11 is 1.74. The van der Waals surface area contributed by atoms with E-state index < -0.39 is 4.92 Å². The van der Waals surface area contributed by atoms with Crippen molar-refractivity contribution in [2.24, 2.45) is 0 Å². The van der Waals surface area contributed by atoms with E-state index in [2.05, 4.69) is 6.92 Å². The van der Waals surface area contributed by atoms with Crippen molar-refractivity contribution < 1.29 is 9.72 Å². The van der Waals surface area contributed by atoms with E-state index >= 15 is 0 Å². The Hall–Kier alpha value is -1.76. The summed E-state index contributed by atoms with van der Waals surface area (Å²) in [5.74, 6) is 1.49. The zero-order valence-corrected chi connectivity index (χ0v) is 12.6. The van der Waals surface area contributed by atoms with Crippen molar-refractivity contribution in [2.75, 3.05) is 24.3 Å². The summed E-state index contributed by atoms with van der Waals surface area (Å²) < 4.78 is 0. The van der Waals surface area contributed by atoms with Gasteiger partial charge in [0.25, 0.3) is 11.6 Å². The largest absolute Gasteiger partial charge is 0.398 e. The number of rotatable bonds is 6. The molecule has 0 aliphatic carbocycles. The van der Waals surface area contributed by atoms with Gasteiger partial charge >= 0.3 is 0 Å². The Morgan fingerprint density at radius 1 is 1.55 bits per heavy atom. The molecule has 110 valence electrons. The first-order valence-electron chi connectivity index (χ1n) is 6.27. The van der Waals surface area contributed by atoms with Gasteiger partial charge in [0.15, 0.2) is 0 Å². The zero-order chi connectivity index (χ0) is 15.3. The zero-order valence-electron chi connectivity index (χ0n) is 11.8. The molecule has 0 heterocycles. The summed E-state index contributed by atoms with van der Waals surface area (Å²) in [4.78, 5) is 24.2. The minimum Gasteiger partial charge on any atom is -0.398 e. The third-order valence-electron chi connectivity index (χ3n) is 3.02. The number of amides is 1. The van der Waals surface area contributed by atoms with E-state index in [1.165, 1.54) is 18.2 Å². The van der Waals surface area contributed by atoms with Crippen LogP contribution in [-0.2, 0) is 0 Å². The van der Waals surface area contributed by atoms with Crippen LogP contribution in [0.15, 0.2) is 18.2 Å². The van der Waals surface area contributed by atoms with Gasteiger partial charge in [0, 0.05) is 36.7 Å². The van der Waals surface area contributed by atoms with Gasteiger partial charge in [0.1, 0.15) is 0 Å². The number of carbonyl (C=O) groups excluding carboxylic acids is 1. The van der Waals surface area contributed by atoms with Crippen molar-refractivity contribution in [3.05, 3.63) is 33.9 Å². The molecule has 1 atom stereocenters. The van der Waals surface area contributed by atoms with E-state index in [-0.39, 0.29) is 28.9 Å². The van der Waals surface area contributed by atoms with Gasteiger partial charge in [-0.1, -0.05) is 6.92 Å². The van der Waals surface area contributed by atoms with Crippen molar-refractivity contribution in [3.8, 4) is 0 Å². The molecule has 0 radical (unpaired) electrons. The van der Waals surface area contributed by atoms with E-state index in [0.29, 0.717) is 0 Å². The average Bonchev–Trinajstić information content (AvgIpc) is 2.43. The highest BCUT2D eigenvalue weighted by Crippen LogP contribution is 2.22. The van der Waals surface area contributed by atoms with Crippen LogP contribution < -0.4 is 5.73 Å². The number of hydrogen-bond donors (Lipinski definition) is 1. The fraction of sp³-hybridized carbons (Fsp3) is 0.462. The standard InChI is InChI=1S/C13H19N3O3S/c1-4-20-8-9(2)15(3)13(17)11-7-10(16(18)19)5-6-12(11)14/h5-7,9H,4,8,14H2,1-3H3/t9-/m0/s1. The molecule has 1 amide bonds. The van der Waals surface area contributed by atoms with Gasteiger partial charge in [-0.3, -0.25) is 14.9 Å². The molecule has 0 bridgehead atoms. The first-order chi connectivity index (χ1) is 9.38. The van der Waals surface area contributed by atoms with E-state index in [1.54, 1.807) is 23.7 Å². The summed E-state index contributed by atoms with van der Waals surface area (Å²) in [5, 5.41) is 10.8. The van der Waals surface area contributed by atoms with Crippen molar-refractivity contribution >= 4 is 29.0 Å². The Kier molecular flexibility index (Phi) is 5.82. The van der Waals surface area contributed by atoms with Gasteiger partial charge in [-0.2, -0.15) is 11.8 Å². The lowest BCUT2D eigenvalue weighted by Gasteiger charge is -2.25. The van der Waals surface area contributed by atoms with E-state index in [9.17, 15) is 14.9 Å². The Labute approximate surface area is 122 Å². The third-order valence-corrected chi connectivity index (χ3v) is 4.15. The Balaban J connectivity index is 2.96. The lowest BCUT2D eigenvalue weighted by atomic mass is 10.1. The number of nitrogens with zero attached hydrogens (tertiary/aromatic N) is 2. The number of nitro groups is 1. The van der Waals surface area contributed by atoms with Crippen LogP contribution in [0.5, 0.6) is 0 Å². The van der Waals surface area contributed by atoms with Crippen LogP contribution in [0.4, 0.5) is 11.4 Å². The predicted octanol–water partition coefficient (Wildman–Crippen LogP) is 2.39. The van der Waals surface area contributed by atoms with E-state index in [1.807, 2.05) is 6.92 Å². The van der Waals surface area contributed by atoms with E-state index in [0.717, 1.165) is 11.5 Å². The molecule has 1 aromatic carbocycles. The molecular formula is C13H19N3O3S. The molecule has 1 aromatic rings. The minimum absolute atomic E-state index is 0.0334. The molecule has 0 saturated carbocycles. The van der Waals surface area contributed by atoms with Crippen molar-refractivity contribution in [2.45, 2.75) is 19.9 Å². The third kappa shape index (κ3) is 3.86. The number of hydrogen-bond acceptors (Lipinski definition) is 5. The fourth-order valence-corrected chi connectivity index (χ4v) is 2.43. The molecule has 0 aliphatic heterocycles. The smallest absolute Gasteiger partial charge is 0.270 e. The summed E-state index contributed by atoms with van der Waals surface area (Å²) in [7, 11) is 1.68. The molecule has 0 fully saturated rings. The number of nitro benzene ring substituents is 1. The number of benzene rings is 1. The first kappa shape index (κ1) is 16.3. The summed E-state index contributed by atoms with van der Waals surface area (Å²) in [6.45, 7) is 3.99. The van der Waals surface area contributed by atoms with Crippen LogP contribution in [0, 0.1) is 10.1 Å². The second-order valence-electron chi connectivity index (χ2n) is 4.45. The summed E-state index contributed by atoms with van der Waals surface area (Å²) in [6.07, 6.45) is 0. The van der Waals surface area contributed by atoms with Crippen LogP contribution >= 0.6 is 11.8 Å². The topological polar surface area (TPSA) is 89.5 Å². The van der Waals surface area contributed by atoms with Crippen LogP contribution in [0.3, 0.4) is 0 Å². The molecule has 0 aromatic heterocycles.